The number of hydrogen-bond donors (Lipinski definition) is 2. The average molecular weight is 344 g/mol. The van der Waals surface area contributed by atoms with Crippen LogP contribution < -0.4 is 5.32 Å². The van der Waals surface area contributed by atoms with Crippen LogP contribution in [0.15, 0.2) is 30.3 Å². The number of nitrogens with one attached hydrogen (secondary N) is 1. The predicted octanol–water partition coefficient (Wildman–Crippen LogP) is 3.32. The first-order valence-electron chi connectivity index (χ1n) is 8.58. The number of aromatic nitrogens is 1. The molecule has 1 aromatic heterocycles. The fourth-order valence-electron chi connectivity index (χ4n) is 3.27. The van der Waals surface area contributed by atoms with E-state index in [1.165, 1.54) is 16.9 Å². The maximum absolute atomic E-state index is 12.5. The van der Waals surface area contributed by atoms with Gasteiger partial charge in [0.25, 0.3) is 5.91 Å². The van der Waals surface area contributed by atoms with Gasteiger partial charge in [-0.05, 0) is 37.7 Å². The molecule has 1 fully saturated rings. The lowest BCUT2D eigenvalue weighted by molar-refractivity contribution is 0.0876. The van der Waals surface area contributed by atoms with E-state index in [2.05, 4.69) is 22.4 Å². The Balaban J connectivity index is 1.58. The van der Waals surface area contributed by atoms with Gasteiger partial charge in [-0.2, -0.15) is 0 Å². The van der Waals surface area contributed by atoms with Crippen LogP contribution >= 0.6 is 11.3 Å². The first-order chi connectivity index (χ1) is 11.6. The molecule has 1 saturated carbocycles. The number of nitrogens with zero attached hydrogens (tertiary/aromatic N) is 1. The van der Waals surface area contributed by atoms with Gasteiger partial charge >= 0.3 is 0 Å². The summed E-state index contributed by atoms with van der Waals surface area (Å²) in [6.45, 7) is 2.53. The van der Waals surface area contributed by atoms with Gasteiger partial charge in [0.05, 0.1) is 16.8 Å². The lowest BCUT2D eigenvalue weighted by Crippen LogP contribution is -2.32. The number of carbonyl (C=O) groups is 1. The molecule has 1 amide bonds. The van der Waals surface area contributed by atoms with Crippen molar-refractivity contribution in [2.45, 2.75) is 45.1 Å². The molecular formula is C19H24N2O2S. The molecule has 0 spiro atoms. The molecule has 2 atom stereocenters. The minimum Gasteiger partial charge on any atom is -0.393 e. The summed E-state index contributed by atoms with van der Waals surface area (Å²) in [5.74, 6) is 0.346. The molecule has 0 radical (unpaired) electrons. The first kappa shape index (κ1) is 17.1. The van der Waals surface area contributed by atoms with Gasteiger partial charge in [0.1, 0.15) is 4.88 Å². The van der Waals surface area contributed by atoms with E-state index in [1.807, 2.05) is 25.1 Å². The summed E-state index contributed by atoms with van der Waals surface area (Å²) in [7, 11) is 0. The van der Waals surface area contributed by atoms with Gasteiger partial charge in [0.15, 0.2) is 0 Å². The van der Waals surface area contributed by atoms with Crippen LogP contribution in [0, 0.1) is 12.8 Å². The van der Waals surface area contributed by atoms with Crippen LogP contribution in [-0.4, -0.2) is 28.6 Å². The number of hydrogen-bond acceptors (Lipinski definition) is 4. The topological polar surface area (TPSA) is 62.2 Å². The van der Waals surface area contributed by atoms with Crippen LogP contribution in [0.3, 0.4) is 0 Å². The molecule has 0 saturated heterocycles. The molecule has 1 aliphatic carbocycles. The molecule has 3 rings (SSSR count). The number of amides is 1. The Hall–Kier alpha value is -1.72. The van der Waals surface area contributed by atoms with Crippen LogP contribution in [0.2, 0.25) is 0 Å². The van der Waals surface area contributed by atoms with Crippen molar-refractivity contribution in [1.82, 2.24) is 10.3 Å². The maximum Gasteiger partial charge on any atom is 0.263 e. The van der Waals surface area contributed by atoms with E-state index < -0.39 is 0 Å². The van der Waals surface area contributed by atoms with Crippen LogP contribution in [0.5, 0.6) is 0 Å². The Kier molecular flexibility index (Phi) is 5.63. The van der Waals surface area contributed by atoms with Gasteiger partial charge in [0.2, 0.25) is 0 Å². The molecule has 128 valence electrons. The summed E-state index contributed by atoms with van der Waals surface area (Å²) in [6.07, 6.45) is 4.36. The van der Waals surface area contributed by atoms with E-state index >= 15 is 0 Å². The number of aryl methyl sites for hydroxylation is 1. The molecule has 24 heavy (non-hydrogen) atoms. The Morgan fingerprint density at radius 2 is 2.12 bits per heavy atom. The SMILES string of the molecule is Cc1nc(Cc2ccccc2)sc1C(=O)NCC1CCCC(O)C1. The summed E-state index contributed by atoms with van der Waals surface area (Å²) in [4.78, 5) is 17.7. The van der Waals surface area contributed by atoms with Gasteiger partial charge in [-0.1, -0.05) is 36.8 Å². The lowest BCUT2D eigenvalue weighted by Gasteiger charge is -2.25. The molecule has 2 N–H and O–H groups in total. The van der Waals surface area contributed by atoms with Gasteiger partial charge < -0.3 is 10.4 Å². The van der Waals surface area contributed by atoms with E-state index in [1.54, 1.807) is 0 Å². The van der Waals surface area contributed by atoms with Gasteiger partial charge in [0, 0.05) is 13.0 Å². The van der Waals surface area contributed by atoms with Crippen LogP contribution in [0.25, 0.3) is 0 Å². The largest absolute Gasteiger partial charge is 0.393 e. The zero-order chi connectivity index (χ0) is 16.9. The molecule has 1 heterocycles. The van der Waals surface area contributed by atoms with E-state index in [0.29, 0.717) is 17.3 Å². The Labute approximate surface area is 146 Å². The fraction of sp³-hybridized carbons (Fsp3) is 0.474. The third kappa shape index (κ3) is 4.42. The molecule has 1 aromatic carbocycles. The average Bonchev–Trinajstić information content (AvgIpc) is 2.94. The minimum absolute atomic E-state index is 0.0376. The van der Waals surface area contributed by atoms with Crippen molar-refractivity contribution in [3.8, 4) is 0 Å². The van der Waals surface area contributed by atoms with E-state index in [0.717, 1.165) is 42.8 Å². The van der Waals surface area contributed by atoms with Gasteiger partial charge in [-0.3, -0.25) is 4.79 Å². The van der Waals surface area contributed by atoms with E-state index in [-0.39, 0.29) is 12.0 Å². The predicted molar refractivity (Wildman–Crippen MR) is 96.4 cm³/mol. The molecule has 2 aromatic rings. The summed E-state index contributed by atoms with van der Waals surface area (Å²) < 4.78 is 0. The van der Waals surface area contributed by atoms with Crippen molar-refractivity contribution in [1.29, 1.82) is 0 Å². The second-order valence-corrected chi connectivity index (χ2v) is 7.66. The smallest absolute Gasteiger partial charge is 0.263 e. The van der Waals surface area contributed by atoms with Crippen molar-refractivity contribution < 1.29 is 9.90 Å². The maximum atomic E-state index is 12.5. The Morgan fingerprint density at radius 3 is 2.88 bits per heavy atom. The number of carbonyl (C=O) groups excluding carboxylic acids is 1. The summed E-state index contributed by atoms with van der Waals surface area (Å²) >= 11 is 1.48. The number of aliphatic hydroxyl groups is 1. The summed E-state index contributed by atoms with van der Waals surface area (Å²) in [6, 6.07) is 10.2. The highest BCUT2D eigenvalue weighted by Gasteiger charge is 2.22. The van der Waals surface area contributed by atoms with Gasteiger partial charge in [-0.15, -0.1) is 11.3 Å². The monoisotopic (exact) mass is 344 g/mol. The van der Waals surface area contributed by atoms with E-state index in [4.69, 9.17) is 0 Å². The zero-order valence-corrected chi connectivity index (χ0v) is 14.8. The second kappa shape index (κ2) is 7.90. The van der Waals surface area contributed by atoms with Gasteiger partial charge in [-0.25, -0.2) is 4.98 Å². The third-order valence-electron chi connectivity index (χ3n) is 4.55. The van der Waals surface area contributed by atoms with E-state index in [9.17, 15) is 9.90 Å². The summed E-state index contributed by atoms with van der Waals surface area (Å²) in [5.41, 5.74) is 2.00. The van der Waals surface area contributed by atoms with Crippen molar-refractivity contribution in [3.05, 3.63) is 51.5 Å². The minimum atomic E-state index is -0.205. The highest BCUT2D eigenvalue weighted by molar-refractivity contribution is 7.13. The number of rotatable bonds is 5. The first-order valence-corrected chi connectivity index (χ1v) is 9.40. The molecular weight excluding hydrogens is 320 g/mol. The van der Waals surface area contributed by atoms with Crippen molar-refractivity contribution >= 4 is 17.2 Å². The standard InChI is InChI=1S/C19H24N2O2S/c1-13-18(19(23)20-12-15-8-5-9-16(22)10-15)24-17(21-13)11-14-6-3-2-4-7-14/h2-4,6-7,15-16,22H,5,8-12H2,1H3,(H,20,23). The number of thiazole rings is 1. The highest BCUT2D eigenvalue weighted by atomic mass is 32.1. The van der Waals surface area contributed by atoms with Crippen LogP contribution in [0.1, 0.15) is 51.6 Å². The zero-order valence-electron chi connectivity index (χ0n) is 14.0. The van der Waals surface area contributed by atoms with Crippen molar-refractivity contribution in [2.75, 3.05) is 6.54 Å². The fourth-order valence-corrected chi connectivity index (χ4v) is 4.29. The Morgan fingerprint density at radius 1 is 1.33 bits per heavy atom. The molecule has 2 unspecified atom stereocenters. The molecule has 4 nitrogen and oxygen atoms in total. The van der Waals surface area contributed by atoms with Crippen molar-refractivity contribution in [3.63, 3.8) is 0 Å². The summed E-state index contributed by atoms with van der Waals surface area (Å²) in [5, 5.41) is 13.7. The Bertz CT molecular complexity index is 684. The third-order valence-corrected chi connectivity index (χ3v) is 5.71. The quantitative estimate of drug-likeness (QED) is 0.874. The molecule has 5 heteroatoms. The second-order valence-electron chi connectivity index (χ2n) is 6.58. The van der Waals surface area contributed by atoms with Crippen LogP contribution in [0.4, 0.5) is 0 Å². The lowest BCUT2D eigenvalue weighted by atomic mass is 9.87. The molecule has 0 aliphatic heterocycles. The number of aliphatic hydroxyl groups excluding tert-OH is 1. The normalized spacial score (nSPS) is 20.8. The molecule has 0 bridgehead atoms. The molecule has 1 aliphatic rings. The van der Waals surface area contributed by atoms with Crippen LogP contribution in [-0.2, 0) is 6.42 Å². The highest BCUT2D eigenvalue weighted by Crippen LogP contribution is 2.24. The number of benzene rings is 1. The van der Waals surface area contributed by atoms with Crippen molar-refractivity contribution in [2.24, 2.45) is 5.92 Å².